The number of fused-ring (bicyclic) bond motifs is 6. The van der Waals surface area contributed by atoms with Crippen molar-refractivity contribution in [1.29, 1.82) is 0 Å². The zero-order valence-electron chi connectivity index (χ0n) is 16.6. The van der Waals surface area contributed by atoms with Crippen molar-refractivity contribution in [2.24, 2.45) is 17.3 Å². The number of hydrogen-bond acceptors (Lipinski definition) is 6. The fourth-order valence-electron chi connectivity index (χ4n) is 6.40. The molecule has 1 spiro atoms. The molecule has 6 nitrogen and oxygen atoms in total. The summed E-state index contributed by atoms with van der Waals surface area (Å²) in [6, 6.07) is 0. The van der Waals surface area contributed by atoms with Crippen molar-refractivity contribution in [2.75, 3.05) is 6.61 Å². The van der Waals surface area contributed by atoms with E-state index in [0.717, 1.165) is 18.9 Å². The van der Waals surface area contributed by atoms with Crippen LogP contribution in [-0.4, -0.2) is 55.0 Å². The summed E-state index contributed by atoms with van der Waals surface area (Å²) in [6.07, 6.45) is 7.06. The molecule has 4 aliphatic heterocycles. The molecule has 4 heterocycles. The summed E-state index contributed by atoms with van der Waals surface area (Å²) in [5.74, 6) is 0.0479. The Labute approximate surface area is 160 Å². The highest BCUT2D eigenvalue weighted by molar-refractivity contribution is 5.18. The van der Waals surface area contributed by atoms with Crippen LogP contribution in [0.1, 0.15) is 47.0 Å². The summed E-state index contributed by atoms with van der Waals surface area (Å²) in [5.41, 5.74) is 0.279. The topological polar surface area (TPSA) is 55.4 Å². The van der Waals surface area contributed by atoms with E-state index in [1.165, 1.54) is 12.8 Å². The molecule has 1 saturated carbocycles. The first-order valence-corrected chi connectivity index (χ1v) is 10.4. The van der Waals surface area contributed by atoms with Gasteiger partial charge in [-0.15, -0.1) is 0 Å². The first-order valence-electron chi connectivity index (χ1n) is 10.4. The Morgan fingerprint density at radius 2 is 1.48 bits per heavy atom. The van der Waals surface area contributed by atoms with Crippen molar-refractivity contribution in [1.82, 2.24) is 0 Å². The van der Waals surface area contributed by atoms with Crippen molar-refractivity contribution in [3.8, 4) is 0 Å². The van der Waals surface area contributed by atoms with Gasteiger partial charge in [-0.1, -0.05) is 12.2 Å². The lowest BCUT2D eigenvalue weighted by atomic mass is 9.73. The predicted octanol–water partition coefficient (Wildman–Crippen LogP) is 2.75. The molecular weight excluding hydrogens is 348 g/mol. The molecule has 4 saturated heterocycles. The van der Waals surface area contributed by atoms with Gasteiger partial charge in [-0.2, -0.15) is 0 Å². The van der Waals surface area contributed by atoms with Crippen LogP contribution < -0.4 is 0 Å². The van der Waals surface area contributed by atoms with Crippen molar-refractivity contribution in [3.63, 3.8) is 0 Å². The minimum Gasteiger partial charge on any atom is -0.375 e. The van der Waals surface area contributed by atoms with Gasteiger partial charge in [-0.3, -0.25) is 0 Å². The lowest BCUT2D eigenvalue weighted by Crippen LogP contribution is -2.58. The molecule has 0 N–H and O–H groups in total. The van der Waals surface area contributed by atoms with Crippen LogP contribution in [0.15, 0.2) is 12.2 Å². The lowest BCUT2D eigenvalue weighted by Gasteiger charge is -2.40. The molecule has 6 rings (SSSR count). The van der Waals surface area contributed by atoms with Crippen molar-refractivity contribution in [3.05, 3.63) is 12.2 Å². The predicted molar refractivity (Wildman–Crippen MR) is 94.7 cm³/mol. The van der Waals surface area contributed by atoms with E-state index in [0.29, 0.717) is 5.92 Å². The number of ether oxygens (including phenoxy) is 6. The van der Waals surface area contributed by atoms with Crippen molar-refractivity contribution in [2.45, 2.75) is 95.3 Å². The fourth-order valence-corrected chi connectivity index (χ4v) is 6.40. The summed E-state index contributed by atoms with van der Waals surface area (Å²) in [6.45, 7) is 8.57. The van der Waals surface area contributed by atoms with Crippen LogP contribution in [0.25, 0.3) is 0 Å². The smallest absolute Gasteiger partial charge is 0.190 e. The van der Waals surface area contributed by atoms with E-state index < -0.39 is 17.9 Å². The molecule has 6 aliphatic rings. The second kappa shape index (κ2) is 5.35. The Hall–Kier alpha value is -0.500. The summed E-state index contributed by atoms with van der Waals surface area (Å²) in [7, 11) is 0. The van der Waals surface area contributed by atoms with E-state index in [-0.39, 0.29) is 35.9 Å². The molecule has 2 aliphatic carbocycles. The highest BCUT2D eigenvalue weighted by Crippen LogP contribution is 2.58. The van der Waals surface area contributed by atoms with Gasteiger partial charge in [0.25, 0.3) is 0 Å². The van der Waals surface area contributed by atoms with Crippen molar-refractivity contribution < 1.29 is 28.4 Å². The molecule has 9 atom stereocenters. The van der Waals surface area contributed by atoms with Gasteiger partial charge in [0.1, 0.15) is 24.4 Å². The maximum atomic E-state index is 6.42. The Bertz CT molecular complexity index is 674. The van der Waals surface area contributed by atoms with Crippen LogP contribution in [0, 0.1) is 17.3 Å². The van der Waals surface area contributed by atoms with E-state index in [9.17, 15) is 0 Å². The lowest BCUT2D eigenvalue weighted by molar-refractivity contribution is -0.253. The maximum absolute atomic E-state index is 6.42. The first kappa shape index (κ1) is 17.4. The third-order valence-corrected chi connectivity index (χ3v) is 7.38. The van der Waals surface area contributed by atoms with E-state index >= 15 is 0 Å². The van der Waals surface area contributed by atoms with Gasteiger partial charge in [0.2, 0.25) is 0 Å². The molecule has 0 radical (unpaired) electrons. The Morgan fingerprint density at radius 3 is 2.19 bits per heavy atom. The molecule has 0 amide bonds. The quantitative estimate of drug-likeness (QED) is 0.654. The van der Waals surface area contributed by atoms with Crippen LogP contribution in [-0.2, 0) is 28.4 Å². The minimum atomic E-state index is -0.683. The summed E-state index contributed by atoms with van der Waals surface area (Å²) in [5, 5.41) is 0. The monoisotopic (exact) mass is 378 g/mol. The van der Waals surface area contributed by atoms with Gasteiger partial charge in [-0.25, -0.2) is 0 Å². The van der Waals surface area contributed by atoms with E-state index in [1.54, 1.807) is 0 Å². The third-order valence-electron chi connectivity index (χ3n) is 7.38. The molecule has 0 unspecified atom stereocenters. The molecular formula is C21H30O6. The van der Waals surface area contributed by atoms with E-state index in [1.807, 2.05) is 27.7 Å². The summed E-state index contributed by atoms with van der Waals surface area (Å²) >= 11 is 0. The van der Waals surface area contributed by atoms with Gasteiger partial charge in [0.15, 0.2) is 17.9 Å². The van der Waals surface area contributed by atoms with Gasteiger partial charge < -0.3 is 28.4 Å². The molecule has 0 aromatic carbocycles. The molecule has 27 heavy (non-hydrogen) atoms. The zero-order chi connectivity index (χ0) is 18.6. The van der Waals surface area contributed by atoms with E-state index in [2.05, 4.69) is 12.2 Å². The molecule has 2 bridgehead atoms. The largest absolute Gasteiger partial charge is 0.375 e. The average Bonchev–Trinajstić information content (AvgIpc) is 3.34. The SMILES string of the molecule is CC1(C)O[C@@H]2[C@H](O1)[C@H]1OC(C)(C)O[C@H]1O[C@@H]2[C@H]1C[C@]2(CO1)C[C@@H]1C=C[C@H]2C1. The second-order valence-corrected chi connectivity index (χ2v) is 10.2. The van der Waals surface area contributed by atoms with Gasteiger partial charge in [-0.05, 0) is 58.8 Å². The van der Waals surface area contributed by atoms with Gasteiger partial charge in [0, 0.05) is 5.41 Å². The number of allylic oxidation sites excluding steroid dienone is 2. The normalized spacial score (nSPS) is 56.7. The average molecular weight is 378 g/mol. The molecule has 0 aromatic rings. The first-order chi connectivity index (χ1) is 12.7. The maximum Gasteiger partial charge on any atom is 0.190 e. The fraction of sp³-hybridized carbons (Fsp3) is 0.905. The third kappa shape index (κ3) is 2.54. The second-order valence-electron chi connectivity index (χ2n) is 10.2. The molecule has 0 aromatic heterocycles. The summed E-state index contributed by atoms with van der Waals surface area (Å²) < 4.78 is 37.5. The summed E-state index contributed by atoms with van der Waals surface area (Å²) in [4.78, 5) is 0. The standard InChI is InChI=1S/C21H30O6/c1-19(2)24-15-14(23-18-17(16(15)25-19)26-20(3,4)27-18)13-9-21(10-22-13)8-11-5-6-12(21)7-11/h5-6,11-18H,7-10H2,1-4H3/t11-,12+,13-,14-,15+,16+,17-,18-,21+/m1/s1. The minimum absolute atomic E-state index is 0.0102. The molecule has 150 valence electrons. The highest BCUT2D eigenvalue weighted by Gasteiger charge is 2.64. The van der Waals surface area contributed by atoms with Crippen molar-refractivity contribution >= 4 is 0 Å². The van der Waals surface area contributed by atoms with Crippen LogP contribution in [0.2, 0.25) is 0 Å². The van der Waals surface area contributed by atoms with Crippen LogP contribution in [0.5, 0.6) is 0 Å². The number of hydrogen-bond donors (Lipinski definition) is 0. The van der Waals surface area contributed by atoms with Crippen LogP contribution in [0.4, 0.5) is 0 Å². The number of rotatable bonds is 1. The Kier molecular flexibility index (Phi) is 3.44. The van der Waals surface area contributed by atoms with E-state index in [4.69, 9.17) is 28.4 Å². The van der Waals surface area contributed by atoms with Gasteiger partial charge in [0.05, 0.1) is 12.7 Å². The molecule has 5 fully saturated rings. The zero-order valence-corrected chi connectivity index (χ0v) is 16.6. The Balaban J connectivity index is 1.27. The highest BCUT2D eigenvalue weighted by atomic mass is 16.9. The Morgan fingerprint density at radius 1 is 0.778 bits per heavy atom. The van der Waals surface area contributed by atoms with Crippen LogP contribution in [0.3, 0.4) is 0 Å². The molecule has 6 heteroatoms. The van der Waals surface area contributed by atoms with Crippen LogP contribution >= 0.6 is 0 Å². The van der Waals surface area contributed by atoms with Gasteiger partial charge >= 0.3 is 0 Å².